The summed E-state index contributed by atoms with van der Waals surface area (Å²) in [6.45, 7) is 11.6. The molecule has 3 amide bonds. The zero-order valence-corrected chi connectivity index (χ0v) is 22.5. The van der Waals surface area contributed by atoms with E-state index in [1.165, 1.54) is 0 Å². The van der Waals surface area contributed by atoms with Crippen LogP contribution in [0.1, 0.15) is 58.6 Å². The fourth-order valence-electron chi connectivity index (χ4n) is 3.44. The van der Waals surface area contributed by atoms with Crippen LogP contribution in [-0.4, -0.2) is 48.2 Å². The van der Waals surface area contributed by atoms with Gasteiger partial charge in [-0.15, -0.1) is 0 Å². The zero-order chi connectivity index (χ0) is 26.4. The fourth-order valence-corrected chi connectivity index (χ4v) is 3.44. The summed E-state index contributed by atoms with van der Waals surface area (Å²) in [5, 5.41) is 3.15. The lowest BCUT2D eigenvalue weighted by atomic mass is 10.1. The van der Waals surface area contributed by atoms with E-state index in [4.69, 9.17) is 9.57 Å². The number of urea groups is 1. The average Bonchev–Trinajstić information content (AvgIpc) is 2.83. The minimum Gasteiger partial charge on any atom is -0.375 e. The summed E-state index contributed by atoms with van der Waals surface area (Å²) in [7, 11) is 0. The Morgan fingerprint density at radius 2 is 1.53 bits per heavy atom. The van der Waals surface area contributed by atoms with Gasteiger partial charge in [0.25, 0.3) is 0 Å². The van der Waals surface area contributed by atoms with Crippen LogP contribution in [-0.2, 0) is 27.4 Å². The molecule has 0 radical (unpaired) electrons. The number of hydroxylamine groups is 1. The lowest BCUT2D eigenvalue weighted by Crippen LogP contribution is -2.48. The number of nitrogens with one attached hydrogen (secondary N) is 2. The molecule has 0 spiro atoms. The second-order valence-corrected chi connectivity index (χ2v) is 10.5. The maximum atomic E-state index is 13.3. The number of carbonyl (C=O) groups excluding carboxylic acids is 2. The lowest BCUT2D eigenvalue weighted by molar-refractivity contribution is -0.145. The highest BCUT2D eigenvalue weighted by Gasteiger charge is 2.21. The Morgan fingerprint density at radius 1 is 0.917 bits per heavy atom. The summed E-state index contributed by atoms with van der Waals surface area (Å²) >= 11 is 0. The molecule has 0 saturated heterocycles. The van der Waals surface area contributed by atoms with Crippen LogP contribution in [0.25, 0.3) is 0 Å². The van der Waals surface area contributed by atoms with Gasteiger partial charge in [0, 0.05) is 19.5 Å². The van der Waals surface area contributed by atoms with Crippen molar-refractivity contribution in [2.24, 2.45) is 5.92 Å². The first-order valence-electron chi connectivity index (χ1n) is 12.8. The topological polar surface area (TPSA) is 79.9 Å². The van der Waals surface area contributed by atoms with Crippen molar-refractivity contribution in [1.82, 2.24) is 15.7 Å². The van der Waals surface area contributed by atoms with Gasteiger partial charge in [0.15, 0.2) is 0 Å². The van der Waals surface area contributed by atoms with E-state index in [1.54, 1.807) is 4.90 Å². The number of rotatable bonds is 14. The van der Waals surface area contributed by atoms with Crippen molar-refractivity contribution in [3.05, 3.63) is 71.8 Å². The number of hydrogen-bond donors (Lipinski definition) is 2. The number of hydrogen-bond acceptors (Lipinski definition) is 4. The first-order chi connectivity index (χ1) is 17.1. The molecule has 0 bridgehead atoms. The first kappa shape index (κ1) is 29.3. The molecule has 0 saturated carbocycles. The Labute approximate surface area is 216 Å². The molecule has 0 heterocycles. The quantitative estimate of drug-likeness (QED) is 0.356. The van der Waals surface area contributed by atoms with Crippen LogP contribution >= 0.6 is 0 Å². The maximum Gasteiger partial charge on any atom is 0.317 e. The van der Waals surface area contributed by atoms with Crippen molar-refractivity contribution in [1.29, 1.82) is 0 Å². The van der Waals surface area contributed by atoms with Crippen LogP contribution in [0.15, 0.2) is 60.7 Å². The van der Waals surface area contributed by atoms with Gasteiger partial charge in [0.05, 0.1) is 24.9 Å². The fraction of sp³-hybridized carbons (Fsp3) is 0.517. The third kappa shape index (κ3) is 12.7. The van der Waals surface area contributed by atoms with Crippen molar-refractivity contribution >= 4 is 11.9 Å². The Morgan fingerprint density at radius 3 is 2.11 bits per heavy atom. The molecule has 2 N–H and O–H groups in total. The highest BCUT2D eigenvalue weighted by Crippen LogP contribution is 2.09. The van der Waals surface area contributed by atoms with Gasteiger partial charge in [-0.05, 0) is 50.7 Å². The third-order valence-corrected chi connectivity index (χ3v) is 5.43. The van der Waals surface area contributed by atoms with Crippen molar-refractivity contribution in [3.8, 4) is 0 Å². The van der Waals surface area contributed by atoms with Gasteiger partial charge in [-0.3, -0.25) is 9.63 Å². The van der Waals surface area contributed by atoms with Gasteiger partial charge < -0.3 is 15.0 Å². The molecule has 1 atom stereocenters. The average molecular weight is 498 g/mol. The van der Waals surface area contributed by atoms with E-state index in [1.807, 2.05) is 81.4 Å². The van der Waals surface area contributed by atoms with Crippen LogP contribution in [0, 0.1) is 5.92 Å². The summed E-state index contributed by atoms with van der Waals surface area (Å²) in [6, 6.07) is 19.6. The van der Waals surface area contributed by atoms with Crippen LogP contribution in [0.4, 0.5) is 4.79 Å². The Kier molecular flexibility index (Phi) is 12.4. The predicted molar refractivity (Wildman–Crippen MR) is 143 cm³/mol. The second-order valence-electron chi connectivity index (χ2n) is 10.5. The molecular formula is C29H43N3O4. The molecule has 2 rings (SSSR count). The van der Waals surface area contributed by atoms with Gasteiger partial charge in [-0.25, -0.2) is 10.3 Å². The van der Waals surface area contributed by atoms with E-state index in [0.29, 0.717) is 38.6 Å². The van der Waals surface area contributed by atoms with Crippen LogP contribution in [0.5, 0.6) is 0 Å². The molecule has 0 fully saturated rings. The van der Waals surface area contributed by atoms with Gasteiger partial charge in [0.1, 0.15) is 0 Å². The van der Waals surface area contributed by atoms with Crippen LogP contribution < -0.4 is 10.8 Å². The number of carbonyl (C=O) groups is 2. The number of ether oxygens (including phenoxy) is 1. The molecule has 0 aromatic heterocycles. The molecule has 7 heteroatoms. The SMILES string of the molecule is CC(C)CCN(CCC(=O)NOC(C)(C)C)C(=O)N[C@H](COCc1ccccc1)Cc1ccccc1. The third-order valence-electron chi connectivity index (χ3n) is 5.43. The number of amides is 3. The molecule has 0 aliphatic heterocycles. The highest BCUT2D eigenvalue weighted by atomic mass is 16.7. The number of nitrogens with zero attached hydrogens (tertiary/aromatic N) is 1. The van der Waals surface area contributed by atoms with E-state index in [9.17, 15) is 9.59 Å². The van der Waals surface area contributed by atoms with Gasteiger partial charge in [-0.1, -0.05) is 74.5 Å². The smallest absolute Gasteiger partial charge is 0.317 e. The van der Waals surface area contributed by atoms with Gasteiger partial charge >= 0.3 is 6.03 Å². The van der Waals surface area contributed by atoms with Crippen molar-refractivity contribution in [3.63, 3.8) is 0 Å². The molecule has 7 nitrogen and oxygen atoms in total. The molecule has 0 aliphatic rings. The van der Waals surface area contributed by atoms with Gasteiger partial charge in [0.2, 0.25) is 5.91 Å². The maximum absolute atomic E-state index is 13.3. The Balaban J connectivity index is 2.00. The minimum atomic E-state index is -0.477. The zero-order valence-electron chi connectivity index (χ0n) is 22.5. The summed E-state index contributed by atoms with van der Waals surface area (Å²) < 4.78 is 5.98. The van der Waals surface area contributed by atoms with Crippen molar-refractivity contribution in [2.75, 3.05) is 19.7 Å². The molecule has 198 valence electrons. The normalized spacial score (nSPS) is 12.3. The largest absolute Gasteiger partial charge is 0.375 e. The van der Waals surface area contributed by atoms with E-state index in [-0.39, 0.29) is 24.4 Å². The van der Waals surface area contributed by atoms with Crippen molar-refractivity contribution in [2.45, 2.75) is 72.1 Å². The summed E-state index contributed by atoms with van der Waals surface area (Å²) in [5.41, 5.74) is 4.21. The lowest BCUT2D eigenvalue weighted by Gasteiger charge is -2.27. The summed E-state index contributed by atoms with van der Waals surface area (Å²) in [4.78, 5) is 32.7. The molecule has 2 aromatic carbocycles. The van der Waals surface area contributed by atoms with E-state index >= 15 is 0 Å². The molecule has 0 aliphatic carbocycles. The Hall–Kier alpha value is -2.90. The van der Waals surface area contributed by atoms with E-state index < -0.39 is 5.60 Å². The van der Waals surface area contributed by atoms with Crippen LogP contribution in [0.2, 0.25) is 0 Å². The van der Waals surface area contributed by atoms with Crippen LogP contribution in [0.3, 0.4) is 0 Å². The van der Waals surface area contributed by atoms with E-state index in [0.717, 1.165) is 17.5 Å². The Bertz CT molecular complexity index is 898. The van der Waals surface area contributed by atoms with Gasteiger partial charge in [-0.2, -0.15) is 0 Å². The van der Waals surface area contributed by atoms with Crippen molar-refractivity contribution < 1.29 is 19.2 Å². The number of benzene rings is 2. The molecule has 36 heavy (non-hydrogen) atoms. The monoisotopic (exact) mass is 497 g/mol. The second kappa shape index (κ2) is 15.3. The molecule has 2 aromatic rings. The van der Waals surface area contributed by atoms with E-state index in [2.05, 4.69) is 24.6 Å². The summed E-state index contributed by atoms with van der Waals surface area (Å²) in [5.74, 6) is 0.187. The first-order valence-corrected chi connectivity index (χ1v) is 12.8. The summed E-state index contributed by atoms with van der Waals surface area (Å²) in [6.07, 6.45) is 1.66. The molecule has 0 unspecified atom stereocenters. The highest BCUT2D eigenvalue weighted by molar-refractivity contribution is 5.77. The minimum absolute atomic E-state index is 0.162. The standard InChI is InChI=1S/C29H43N3O4/c1-23(2)16-18-32(19-17-27(33)31-36-29(3,4)5)28(34)30-26(20-24-12-8-6-9-13-24)22-35-21-25-14-10-7-11-15-25/h6-15,23,26H,16-22H2,1-5H3,(H,30,34)(H,31,33)/t26-/m0/s1. The molecular weight excluding hydrogens is 454 g/mol. The predicted octanol–water partition coefficient (Wildman–Crippen LogP) is 5.11.